The highest BCUT2D eigenvalue weighted by Gasteiger charge is 2.21. The molecule has 2 rings (SSSR count). The van der Waals surface area contributed by atoms with Gasteiger partial charge >= 0.3 is 5.97 Å². The lowest BCUT2D eigenvalue weighted by molar-refractivity contribution is -0.153. The van der Waals surface area contributed by atoms with E-state index in [1.807, 2.05) is 37.3 Å². The normalized spacial score (nSPS) is 18.5. The first-order valence-corrected chi connectivity index (χ1v) is 8.22. The predicted octanol–water partition coefficient (Wildman–Crippen LogP) is 3.53. The molecule has 0 aromatic heterocycles. The zero-order chi connectivity index (χ0) is 15.9. The van der Waals surface area contributed by atoms with Gasteiger partial charge in [-0.05, 0) is 43.9 Å². The minimum atomic E-state index is -0.282. The van der Waals surface area contributed by atoms with Crippen LogP contribution in [0.2, 0.25) is 0 Å². The third-order valence-corrected chi connectivity index (χ3v) is 4.22. The SMILES string of the molecule is C[C@@H](NC(=O)COC(=O)[C@@H]1CC=CCC1)c1ccc(Br)cc1. The number of ether oxygens (including phenoxy) is 1. The van der Waals surface area contributed by atoms with Gasteiger partial charge in [0.25, 0.3) is 5.91 Å². The van der Waals surface area contributed by atoms with Crippen LogP contribution in [0.3, 0.4) is 0 Å². The van der Waals surface area contributed by atoms with Gasteiger partial charge in [-0.2, -0.15) is 0 Å². The van der Waals surface area contributed by atoms with E-state index in [1.54, 1.807) is 0 Å². The Morgan fingerprint density at radius 1 is 1.32 bits per heavy atom. The van der Waals surface area contributed by atoms with Gasteiger partial charge in [-0.1, -0.05) is 40.2 Å². The molecule has 0 bridgehead atoms. The van der Waals surface area contributed by atoms with Crippen molar-refractivity contribution in [2.24, 2.45) is 5.92 Å². The molecule has 0 unspecified atom stereocenters. The summed E-state index contributed by atoms with van der Waals surface area (Å²) in [4.78, 5) is 23.7. The second-order valence-electron chi connectivity index (χ2n) is 5.43. The van der Waals surface area contributed by atoms with Crippen LogP contribution in [0.5, 0.6) is 0 Å². The second-order valence-corrected chi connectivity index (χ2v) is 6.35. The highest BCUT2D eigenvalue weighted by Crippen LogP contribution is 2.19. The number of hydrogen-bond acceptors (Lipinski definition) is 3. The second kappa shape index (κ2) is 8.13. The predicted molar refractivity (Wildman–Crippen MR) is 88.1 cm³/mol. The van der Waals surface area contributed by atoms with Crippen molar-refractivity contribution >= 4 is 27.8 Å². The third-order valence-electron chi connectivity index (χ3n) is 3.70. The van der Waals surface area contributed by atoms with Crippen molar-refractivity contribution < 1.29 is 14.3 Å². The van der Waals surface area contributed by atoms with E-state index in [2.05, 4.69) is 27.3 Å². The summed E-state index contributed by atoms with van der Waals surface area (Å²) in [5, 5.41) is 2.83. The Kier molecular flexibility index (Phi) is 6.19. The van der Waals surface area contributed by atoms with Gasteiger partial charge in [-0.25, -0.2) is 0 Å². The number of halogens is 1. The maximum atomic E-state index is 11.9. The molecule has 0 saturated heterocycles. The summed E-state index contributed by atoms with van der Waals surface area (Å²) in [5.74, 6) is -0.674. The smallest absolute Gasteiger partial charge is 0.309 e. The molecule has 0 aliphatic heterocycles. The first kappa shape index (κ1) is 16.7. The van der Waals surface area contributed by atoms with Crippen LogP contribution in [0.15, 0.2) is 40.9 Å². The number of hydrogen-bond donors (Lipinski definition) is 1. The lowest BCUT2D eigenvalue weighted by Crippen LogP contribution is -2.32. The Bertz CT molecular complexity index is 554. The molecule has 118 valence electrons. The van der Waals surface area contributed by atoms with Crippen LogP contribution in [-0.2, 0) is 14.3 Å². The highest BCUT2D eigenvalue weighted by molar-refractivity contribution is 9.10. The van der Waals surface area contributed by atoms with Gasteiger partial charge in [0, 0.05) is 4.47 Å². The third kappa shape index (κ3) is 4.98. The summed E-state index contributed by atoms with van der Waals surface area (Å²) in [6.45, 7) is 1.68. The van der Waals surface area contributed by atoms with Crippen LogP contribution in [0, 0.1) is 5.92 Å². The molecule has 5 heteroatoms. The molecular weight excluding hydrogens is 346 g/mol. The van der Waals surface area contributed by atoms with Crippen LogP contribution in [-0.4, -0.2) is 18.5 Å². The van der Waals surface area contributed by atoms with Gasteiger partial charge < -0.3 is 10.1 Å². The molecule has 0 fully saturated rings. The van der Waals surface area contributed by atoms with Crippen LogP contribution >= 0.6 is 15.9 Å². The molecule has 0 heterocycles. The quantitative estimate of drug-likeness (QED) is 0.641. The molecule has 2 atom stereocenters. The van der Waals surface area contributed by atoms with E-state index in [-0.39, 0.29) is 30.4 Å². The van der Waals surface area contributed by atoms with Crippen LogP contribution in [0.4, 0.5) is 0 Å². The van der Waals surface area contributed by atoms with Crippen LogP contribution < -0.4 is 5.32 Å². The van der Waals surface area contributed by atoms with E-state index < -0.39 is 0 Å². The average molecular weight is 366 g/mol. The zero-order valence-corrected chi connectivity index (χ0v) is 14.1. The molecule has 4 nitrogen and oxygen atoms in total. The number of carbonyl (C=O) groups excluding carboxylic acids is 2. The lowest BCUT2D eigenvalue weighted by Gasteiger charge is -2.17. The van der Waals surface area contributed by atoms with Crippen LogP contribution in [0.1, 0.15) is 37.8 Å². The van der Waals surface area contributed by atoms with E-state index in [0.29, 0.717) is 6.42 Å². The molecule has 1 amide bonds. The van der Waals surface area contributed by atoms with Gasteiger partial charge in [0.2, 0.25) is 0 Å². The molecule has 1 aromatic rings. The summed E-state index contributed by atoms with van der Waals surface area (Å²) in [5.41, 5.74) is 1.00. The maximum absolute atomic E-state index is 11.9. The van der Waals surface area contributed by atoms with E-state index >= 15 is 0 Å². The number of carbonyl (C=O) groups is 2. The van der Waals surface area contributed by atoms with Gasteiger partial charge in [0.05, 0.1) is 12.0 Å². The number of allylic oxidation sites excluding steroid dienone is 2. The largest absolute Gasteiger partial charge is 0.455 e. The number of benzene rings is 1. The van der Waals surface area contributed by atoms with Gasteiger partial charge in [0.1, 0.15) is 0 Å². The van der Waals surface area contributed by atoms with E-state index in [9.17, 15) is 9.59 Å². The van der Waals surface area contributed by atoms with Crippen molar-refractivity contribution in [1.82, 2.24) is 5.32 Å². The number of rotatable bonds is 5. The fourth-order valence-corrected chi connectivity index (χ4v) is 2.64. The molecular formula is C17H20BrNO3. The molecule has 0 radical (unpaired) electrons. The molecule has 1 N–H and O–H groups in total. The van der Waals surface area contributed by atoms with E-state index in [1.165, 1.54) is 0 Å². The average Bonchev–Trinajstić information content (AvgIpc) is 2.54. The van der Waals surface area contributed by atoms with Crippen LogP contribution in [0.25, 0.3) is 0 Å². The van der Waals surface area contributed by atoms with Gasteiger partial charge in [0.15, 0.2) is 6.61 Å². The molecule has 0 spiro atoms. The maximum Gasteiger partial charge on any atom is 0.309 e. The Balaban J connectivity index is 1.76. The standard InChI is InChI=1S/C17H20BrNO3/c1-12(13-7-9-15(18)10-8-13)19-16(20)11-22-17(21)14-5-3-2-4-6-14/h2-3,7-10,12,14H,4-6,11H2,1H3,(H,19,20)/t12-,14-/m1/s1. The summed E-state index contributed by atoms with van der Waals surface area (Å²) in [6.07, 6.45) is 6.45. The number of nitrogens with one attached hydrogen (secondary N) is 1. The monoisotopic (exact) mass is 365 g/mol. The molecule has 0 saturated carbocycles. The Morgan fingerprint density at radius 3 is 2.68 bits per heavy atom. The summed E-state index contributed by atoms with van der Waals surface area (Å²) >= 11 is 3.37. The highest BCUT2D eigenvalue weighted by atomic mass is 79.9. The molecule has 22 heavy (non-hydrogen) atoms. The first-order chi connectivity index (χ1) is 10.6. The van der Waals surface area contributed by atoms with E-state index in [0.717, 1.165) is 22.9 Å². The zero-order valence-electron chi connectivity index (χ0n) is 12.5. The van der Waals surface area contributed by atoms with E-state index in [4.69, 9.17) is 4.74 Å². The van der Waals surface area contributed by atoms with Crippen molar-refractivity contribution in [2.45, 2.75) is 32.2 Å². The Hall–Kier alpha value is -1.62. The first-order valence-electron chi connectivity index (χ1n) is 7.42. The number of amides is 1. The molecule has 1 aliphatic rings. The van der Waals surface area contributed by atoms with Crippen molar-refractivity contribution in [3.8, 4) is 0 Å². The Labute approximate surface area is 139 Å². The lowest BCUT2D eigenvalue weighted by atomic mass is 9.95. The van der Waals surface area contributed by atoms with Crippen molar-refractivity contribution in [2.75, 3.05) is 6.61 Å². The Morgan fingerprint density at radius 2 is 2.05 bits per heavy atom. The minimum absolute atomic E-state index is 0.110. The fourth-order valence-electron chi connectivity index (χ4n) is 2.38. The van der Waals surface area contributed by atoms with Gasteiger partial charge in [-0.3, -0.25) is 9.59 Å². The summed E-state index contributed by atoms with van der Waals surface area (Å²) in [7, 11) is 0. The van der Waals surface area contributed by atoms with Gasteiger partial charge in [-0.15, -0.1) is 0 Å². The number of esters is 1. The molecule has 1 aromatic carbocycles. The molecule has 1 aliphatic carbocycles. The minimum Gasteiger partial charge on any atom is -0.455 e. The van der Waals surface area contributed by atoms with Crippen molar-refractivity contribution in [3.63, 3.8) is 0 Å². The fraction of sp³-hybridized carbons (Fsp3) is 0.412. The summed E-state index contributed by atoms with van der Waals surface area (Å²) in [6, 6.07) is 7.60. The van der Waals surface area contributed by atoms with Crippen molar-refractivity contribution in [1.29, 1.82) is 0 Å². The van der Waals surface area contributed by atoms with Crippen molar-refractivity contribution in [3.05, 3.63) is 46.5 Å². The topological polar surface area (TPSA) is 55.4 Å². The summed E-state index contributed by atoms with van der Waals surface area (Å²) < 4.78 is 6.10.